The predicted octanol–water partition coefficient (Wildman–Crippen LogP) is 1.60. The normalized spacial score (nSPS) is 26.3. The molecule has 2 aliphatic carbocycles. The van der Waals surface area contributed by atoms with Gasteiger partial charge in [-0.3, -0.25) is 0 Å². The summed E-state index contributed by atoms with van der Waals surface area (Å²) < 4.78 is 0. The van der Waals surface area contributed by atoms with Crippen molar-refractivity contribution in [2.24, 2.45) is 11.8 Å². The molecular weight excluding hydrogens is 254 g/mol. The van der Waals surface area contributed by atoms with Gasteiger partial charge in [-0.25, -0.2) is 15.8 Å². The van der Waals surface area contributed by atoms with Gasteiger partial charge < -0.3 is 15.8 Å². The zero-order valence-corrected chi connectivity index (χ0v) is 11.7. The summed E-state index contributed by atoms with van der Waals surface area (Å²) in [5.41, 5.74) is 2.61. The van der Waals surface area contributed by atoms with Crippen molar-refractivity contribution in [1.82, 2.24) is 9.97 Å². The third-order valence-corrected chi connectivity index (χ3v) is 4.31. The van der Waals surface area contributed by atoms with E-state index in [4.69, 9.17) is 5.84 Å². The van der Waals surface area contributed by atoms with E-state index in [0.29, 0.717) is 23.7 Å². The van der Waals surface area contributed by atoms with Crippen LogP contribution in [0.4, 0.5) is 11.6 Å². The van der Waals surface area contributed by atoms with E-state index in [1.165, 1.54) is 12.8 Å². The fourth-order valence-electron chi connectivity index (χ4n) is 2.94. The van der Waals surface area contributed by atoms with E-state index in [0.717, 1.165) is 37.3 Å². The smallest absolute Gasteiger partial charge is 0.145 e. The van der Waals surface area contributed by atoms with Crippen LogP contribution < -0.4 is 16.6 Å². The number of aliphatic hydroxyl groups is 1. The number of hydrogen-bond donors (Lipinski definition) is 4. The van der Waals surface area contributed by atoms with Crippen LogP contribution in [-0.4, -0.2) is 27.7 Å². The third kappa shape index (κ3) is 3.02. The summed E-state index contributed by atoms with van der Waals surface area (Å²) in [4.78, 5) is 9.02. The summed E-state index contributed by atoms with van der Waals surface area (Å²) >= 11 is 0. The molecule has 0 bridgehead atoms. The molecule has 0 aromatic carbocycles. The predicted molar refractivity (Wildman–Crippen MR) is 78.3 cm³/mol. The molecule has 20 heavy (non-hydrogen) atoms. The van der Waals surface area contributed by atoms with Crippen LogP contribution in [0.3, 0.4) is 0 Å². The molecule has 1 aromatic heterocycles. The van der Waals surface area contributed by atoms with Crippen molar-refractivity contribution in [3.63, 3.8) is 0 Å². The molecule has 1 aromatic rings. The average Bonchev–Trinajstić information content (AvgIpc) is 3.32. The lowest BCUT2D eigenvalue weighted by Gasteiger charge is -2.31. The fourth-order valence-corrected chi connectivity index (χ4v) is 2.94. The monoisotopic (exact) mass is 277 g/mol. The average molecular weight is 277 g/mol. The highest BCUT2D eigenvalue weighted by Gasteiger charge is 2.29. The molecule has 0 saturated heterocycles. The summed E-state index contributed by atoms with van der Waals surface area (Å²) in [7, 11) is 0. The minimum absolute atomic E-state index is 0.236. The second kappa shape index (κ2) is 5.93. The summed E-state index contributed by atoms with van der Waals surface area (Å²) in [6.07, 6.45) is 6.90. The molecule has 110 valence electrons. The van der Waals surface area contributed by atoms with Gasteiger partial charge in [-0.1, -0.05) is 12.8 Å². The zero-order chi connectivity index (χ0) is 13.9. The molecule has 1 heterocycles. The minimum atomic E-state index is 0.236. The topological polar surface area (TPSA) is 96.1 Å². The van der Waals surface area contributed by atoms with Crippen LogP contribution in [0.2, 0.25) is 0 Å². The highest BCUT2D eigenvalue weighted by molar-refractivity contribution is 5.48. The zero-order valence-electron chi connectivity index (χ0n) is 11.7. The lowest BCUT2D eigenvalue weighted by Crippen LogP contribution is -2.34. The lowest BCUT2D eigenvalue weighted by atomic mass is 9.85. The van der Waals surface area contributed by atoms with Gasteiger partial charge in [0, 0.05) is 30.6 Å². The molecule has 2 atom stereocenters. The van der Waals surface area contributed by atoms with E-state index < -0.39 is 0 Å². The second-order valence-electron chi connectivity index (χ2n) is 5.89. The first kappa shape index (κ1) is 13.6. The number of nitrogens with one attached hydrogen (secondary N) is 2. The van der Waals surface area contributed by atoms with Gasteiger partial charge in [-0.2, -0.15) is 0 Å². The summed E-state index contributed by atoms with van der Waals surface area (Å²) in [5, 5.41) is 13.0. The quantitative estimate of drug-likeness (QED) is 0.482. The molecule has 6 heteroatoms. The van der Waals surface area contributed by atoms with Gasteiger partial charge in [0.25, 0.3) is 0 Å². The summed E-state index contributed by atoms with van der Waals surface area (Å²) in [5.74, 6) is 8.64. The highest BCUT2D eigenvalue weighted by atomic mass is 16.3. The van der Waals surface area contributed by atoms with Gasteiger partial charge in [0.2, 0.25) is 0 Å². The van der Waals surface area contributed by atoms with Crippen LogP contribution >= 0.6 is 0 Å². The number of nitrogens with zero attached hydrogens (tertiary/aromatic N) is 2. The van der Waals surface area contributed by atoms with E-state index in [1.54, 1.807) is 0 Å². The Hall–Kier alpha value is -1.40. The summed E-state index contributed by atoms with van der Waals surface area (Å²) in [6, 6.07) is 2.14. The number of nitrogen functional groups attached to an aromatic ring is 1. The van der Waals surface area contributed by atoms with Gasteiger partial charge in [-0.15, -0.1) is 0 Å². The number of aliphatic hydroxyl groups excluding tert-OH is 1. The van der Waals surface area contributed by atoms with Crippen LogP contribution in [0, 0.1) is 5.92 Å². The minimum Gasteiger partial charge on any atom is -0.396 e. The molecule has 6 nitrogen and oxygen atoms in total. The van der Waals surface area contributed by atoms with E-state index in [1.807, 2.05) is 6.07 Å². The van der Waals surface area contributed by atoms with E-state index in [9.17, 15) is 5.11 Å². The van der Waals surface area contributed by atoms with Gasteiger partial charge in [0.05, 0.1) is 0 Å². The van der Waals surface area contributed by atoms with Crippen molar-refractivity contribution in [2.75, 3.05) is 17.3 Å². The first-order valence-electron chi connectivity index (χ1n) is 7.53. The maximum absolute atomic E-state index is 9.49. The Morgan fingerprint density at radius 1 is 1.15 bits per heavy atom. The third-order valence-electron chi connectivity index (χ3n) is 4.31. The van der Waals surface area contributed by atoms with Gasteiger partial charge in [0.1, 0.15) is 17.5 Å². The number of rotatable bonds is 5. The molecule has 0 aliphatic heterocycles. The molecular formula is C14H23N5O. The number of nitrogens with two attached hydrogens (primary N) is 1. The molecule has 2 unspecified atom stereocenters. The van der Waals surface area contributed by atoms with Crippen molar-refractivity contribution >= 4 is 11.6 Å². The number of anilines is 2. The Kier molecular flexibility index (Phi) is 4.03. The second-order valence-corrected chi connectivity index (χ2v) is 5.89. The molecule has 5 N–H and O–H groups in total. The van der Waals surface area contributed by atoms with E-state index >= 15 is 0 Å². The van der Waals surface area contributed by atoms with Gasteiger partial charge in [-0.05, 0) is 25.7 Å². The lowest BCUT2D eigenvalue weighted by molar-refractivity contribution is 0.178. The Morgan fingerprint density at radius 2 is 1.90 bits per heavy atom. The largest absolute Gasteiger partial charge is 0.396 e. The number of aromatic nitrogens is 2. The standard InChI is InChI=1S/C14H23N5O/c15-19-13-7-12(17-14(18-13)9-5-6-9)16-11-4-2-1-3-10(11)8-20/h7,9-11,20H,1-6,8,15H2,(H2,16,17,18,19). The van der Waals surface area contributed by atoms with Crippen molar-refractivity contribution in [3.8, 4) is 0 Å². The molecule has 2 aliphatic rings. The van der Waals surface area contributed by atoms with Crippen molar-refractivity contribution in [1.29, 1.82) is 0 Å². The van der Waals surface area contributed by atoms with Crippen molar-refractivity contribution < 1.29 is 5.11 Å². The van der Waals surface area contributed by atoms with Crippen LogP contribution in [0.25, 0.3) is 0 Å². The Balaban J connectivity index is 1.76. The first-order chi connectivity index (χ1) is 9.80. The van der Waals surface area contributed by atoms with E-state index in [2.05, 4.69) is 20.7 Å². The van der Waals surface area contributed by atoms with Crippen LogP contribution in [0.5, 0.6) is 0 Å². The van der Waals surface area contributed by atoms with Gasteiger partial charge in [0.15, 0.2) is 0 Å². The van der Waals surface area contributed by atoms with Crippen LogP contribution in [0.1, 0.15) is 50.3 Å². The Morgan fingerprint density at radius 3 is 2.60 bits per heavy atom. The SMILES string of the molecule is NNc1cc(NC2CCCCC2CO)nc(C2CC2)n1. The van der Waals surface area contributed by atoms with Crippen molar-refractivity contribution in [2.45, 2.75) is 50.5 Å². The first-order valence-corrected chi connectivity index (χ1v) is 7.53. The molecule has 3 rings (SSSR count). The highest BCUT2D eigenvalue weighted by Crippen LogP contribution is 2.39. The fraction of sp³-hybridized carbons (Fsp3) is 0.714. The maximum atomic E-state index is 9.49. The molecule has 0 radical (unpaired) electrons. The van der Waals surface area contributed by atoms with E-state index in [-0.39, 0.29) is 6.61 Å². The van der Waals surface area contributed by atoms with Crippen LogP contribution in [0.15, 0.2) is 6.07 Å². The Bertz CT molecular complexity index is 463. The maximum Gasteiger partial charge on any atom is 0.145 e. The molecule has 2 fully saturated rings. The molecule has 2 saturated carbocycles. The Labute approximate surface area is 119 Å². The van der Waals surface area contributed by atoms with Gasteiger partial charge >= 0.3 is 0 Å². The molecule has 0 amide bonds. The molecule has 0 spiro atoms. The van der Waals surface area contributed by atoms with Crippen molar-refractivity contribution in [3.05, 3.63) is 11.9 Å². The van der Waals surface area contributed by atoms with Crippen LogP contribution in [-0.2, 0) is 0 Å². The number of hydrazine groups is 1. The summed E-state index contributed by atoms with van der Waals surface area (Å²) in [6.45, 7) is 0.236. The number of hydrogen-bond acceptors (Lipinski definition) is 6.